The summed E-state index contributed by atoms with van der Waals surface area (Å²) in [6.45, 7) is 1.44. The number of rotatable bonds is 4. The van der Waals surface area contributed by atoms with Gasteiger partial charge < -0.3 is 10.1 Å². The third-order valence-corrected chi connectivity index (χ3v) is 5.06. The molecule has 0 bridgehead atoms. The molecule has 0 spiro atoms. The lowest BCUT2D eigenvalue weighted by Gasteiger charge is -2.02. The van der Waals surface area contributed by atoms with E-state index in [0.717, 1.165) is 11.3 Å². The van der Waals surface area contributed by atoms with E-state index in [1.807, 2.05) is 12.1 Å². The molecule has 28 heavy (non-hydrogen) atoms. The van der Waals surface area contributed by atoms with E-state index in [4.69, 9.17) is 4.74 Å². The van der Waals surface area contributed by atoms with Gasteiger partial charge in [0, 0.05) is 12.5 Å². The minimum atomic E-state index is -0.322. The van der Waals surface area contributed by atoms with Crippen LogP contribution in [0.2, 0.25) is 0 Å². The predicted octanol–water partition coefficient (Wildman–Crippen LogP) is 2.40. The maximum Gasteiger partial charge on any atom is 0.276 e. The Labute approximate surface area is 163 Å². The second-order valence-corrected chi connectivity index (χ2v) is 6.86. The quantitative estimate of drug-likeness (QED) is 0.544. The number of para-hydroxylation sites is 1. The van der Waals surface area contributed by atoms with Gasteiger partial charge in [-0.3, -0.25) is 9.59 Å². The molecule has 2 aromatic carbocycles. The van der Waals surface area contributed by atoms with Crippen molar-refractivity contribution in [1.82, 2.24) is 9.78 Å². The third-order valence-electron chi connectivity index (χ3n) is 4.06. The highest BCUT2D eigenvalue weighted by atomic mass is 32.1. The van der Waals surface area contributed by atoms with E-state index in [0.29, 0.717) is 32.5 Å². The summed E-state index contributed by atoms with van der Waals surface area (Å²) in [5, 5.41) is 15.7. The first-order valence-corrected chi connectivity index (χ1v) is 9.16. The number of amides is 1. The summed E-state index contributed by atoms with van der Waals surface area (Å²) in [4.78, 5) is 24.4. The zero-order chi connectivity index (χ0) is 19.7. The Bertz CT molecular complexity index is 1170. The van der Waals surface area contributed by atoms with E-state index < -0.39 is 0 Å². The Hall–Kier alpha value is -3.59. The maximum absolute atomic E-state index is 12.2. The molecule has 0 atom stereocenters. The number of carbonyl (C=O) groups is 2. The number of ketones is 1. The number of hydrogen-bond acceptors (Lipinski definition) is 7. The average molecular weight is 393 g/mol. The first kappa shape index (κ1) is 17.8. The van der Waals surface area contributed by atoms with E-state index >= 15 is 0 Å². The minimum absolute atomic E-state index is 0.176. The van der Waals surface area contributed by atoms with Crippen molar-refractivity contribution in [3.05, 3.63) is 63.9 Å². The number of nitrogens with zero attached hydrogens (tertiary/aromatic N) is 4. The maximum atomic E-state index is 12.2. The summed E-state index contributed by atoms with van der Waals surface area (Å²) >= 11 is 1.10. The van der Waals surface area contributed by atoms with Gasteiger partial charge in [-0.2, -0.15) is 5.10 Å². The van der Waals surface area contributed by atoms with Gasteiger partial charge in [-0.15, -0.1) is 10.2 Å². The second kappa shape index (κ2) is 7.20. The van der Waals surface area contributed by atoms with E-state index in [9.17, 15) is 9.59 Å². The Morgan fingerprint density at radius 3 is 2.61 bits per heavy atom. The number of Topliss-reactive ketones (excluding diaryl/α,β-unsaturated/α-hetero) is 1. The molecule has 0 saturated carbocycles. The van der Waals surface area contributed by atoms with Crippen LogP contribution in [0, 0.1) is 0 Å². The number of ether oxygens (including phenoxy) is 1. The molecule has 1 aliphatic rings. The lowest BCUT2D eigenvalue weighted by molar-refractivity contribution is -0.110. The molecule has 0 unspecified atom stereocenters. The smallest absolute Gasteiger partial charge is 0.276 e. The number of benzene rings is 2. The summed E-state index contributed by atoms with van der Waals surface area (Å²) < 4.78 is 6.69. The molecule has 140 valence electrons. The molecule has 4 rings (SSSR count). The summed E-state index contributed by atoms with van der Waals surface area (Å²) in [6, 6.07) is 14.4. The summed E-state index contributed by atoms with van der Waals surface area (Å²) in [7, 11) is 1.58. The minimum Gasteiger partial charge on any atom is -0.497 e. The second-order valence-electron chi connectivity index (χ2n) is 5.90. The molecule has 3 aromatic rings. The van der Waals surface area contributed by atoms with Gasteiger partial charge >= 0.3 is 0 Å². The summed E-state index contributed by atoms with van der Waals surface area (Å²) in [6.07, 6.45) is 0. The number of carbonyl (C=O) groups excluding carboxylic acids is 2. The topological polar surface area (TPSA) is 97.9 Å². The van der Waals surface area contributed by atoms with Crippen molar-refractivity contribution in [3.63, 3.8) is 0 Å². The molecule has 1 aromatic heterocycles. The van der Waals surface area contributed by atoms with Gasteiger partial charge in [0.1, 0.15) is 5.75 Å². The van der Waals surface area contributed by atoms with Gasteiger partial charge in [0.15, 0.2) is 16.5 Å². The van der Waals surface area contributed by atoms with Crippen LogP contribution in [0.25, 0.3) is 5.69 Å². The van der Waals surface area contributed by atoms with Gasteiger partial charge in [-0.05, 0) is 30.3 Å². The van der Waals surface area contributed by atoms with Crippen LogP contribution in [0.5, 0.6) is 5.75 Å². The molecule has 9 heteroatoms. The highest BCUT2D eigenvalue weighted by Gasteiger charge is 2.25. The lowest BCUT2D eigenvalue weighted by Crippen LogP contribution is -2.16. The molecule has 0 radical (unpaired) electrons. The van der Waals surface area contributed by atoms with Crippen LogP contribution in [-0.4, -0.2) is 34.3 Å². The highest BCUT2D eigenvalue weighted by molar-refractivity contribution is 7.11. The number of methoxy groups -OCH3 is 1. The molecule has 1 N–H and O–H groups in total. The fraction of sp³-hybridized carbons (Fsp3) is 0.105. The average Bonchev–Trinajstić information content (AvgIpc) is 3.27. The van der Waals surface area contributed by atoms with Crippen molar-refractivity contribution in [2.45, 2.75) is 6.92 Å². The SMILES string of the molecule is COc1ccc(-n2nc(C(C)=O)s/c2=N/N=C2\C(=O)Nc3ccccc32)cc1. The Morgan fingerprint density at radius 1 is 1.14 bits per heavy atom. The van der Waals surface area contributed by atoms with Crippen molar-refractivity contribution in [2.75, 3.05) is 12.4 Å². The standard InChI is InChI=1S/C19H15N5O3S/c1-11(25)18-23-24(12-7-9-13(27-2)10-8-12)19(28-18)22-21-16-14-5-3-4-6-15(14)20-17(16)26/h3-10H,1-2H3,(H,20,21,26)/b22-19+. The number of fused-ring (bicyclic) bond motifs is 1. The zero-order valence-electron chi connectivity index (χ0n) is 15.0. The number of hydrogen-bond donors (Lipinski definition) is 1. The number of aromatic nitrogens is 2. The van der Waals surface area contributed by atoms with Gasteiger partial charge in [-0.25, -0.2) is 4.68 Å². The Kier molecular flexibility index (Phi) is 4.58. The van der Waals surface area contributed by atoms with E-state index in [2.05, 4.69) is 20.6 Å². The van der Waals surface area contributed by atoms with Crippen LogP contribution in [0.4, 0.5) is 5.69 Å². The molecule has 0 fully saturated rings. The van der Waals surface area contributed by atoms with Crippen molar-refractivity contribution < 1.29 is 14.3 Å². The van der Waals surface area contributed by atoms with Crippen LogP contribution in [0.1, 0.15) is 22.3 Å². The third kappa shape index (κ3) is 3.23. The molecule has 1 amide bonds. The molecule has 1 aliphatic heterocycles. The van der Waals surface area contributed by atoms with Gasteiger partial charge in [0.2, 0.25) is 4.80 Å². The van der Waals surface area contributed by atoms with E-state index in [1.54, 1.807) is 43.5 Å². The van der Waals surface area contributed by atoms with Crippen LogP contribution >= 0.6 is 11.3 Å². The predicted molar refractivity (Wildman–Crippen MR) is 105 cm³/mol. The largest absolute Gasteiger partial charge is 0.497 e. The first-order chi connectivity index (χ1) is 13.6. The van der Waals surface area contributed by atoms with Crippen molar-refractivity contribution in [2.24, 2.45) is 10.2 Å². The molecular weight excluding hydrogens is 378 g/mol. The molecule has 0 saturated heterocycles. The van der Waals surface area contributed by atoms with Crippen LogP contribution < -0.4 is 14.9 Å². The molecular formula is C19H15N5O3S. The molecule has 8 nitrogen and oxygen atoms in total. The van der Waals surface area contributed by atoms with Gasteiger partial charge in [0.05, 0.1) is 18.5 Å². The van der Waals surface area contributed by atoms with Crippen molar-refractivity contribution >= 4 is 34.4 Å². The van der Waals surface area contributed by atoms with Crippen LogP contribution in [0.15, 0.2) is 58.7 Å². The van der Waals surface area contributed by atoms with Crippen LogP contribution in [0.3, 0.4) is 0 Å². The Morgan fingerprint density at radius 2 is 1.89 bits per heavy atom. The van der Waals surface area contributed by atoms with Gasteiger partial charge in [-0.1, -0.05) is 29.5 Å². The summed E-state index contributed by atoms with van der Waals surface area (Å²) in [5.74, 6) is 0.201. The monoisotopic (exact) mass is 393 g/mol. The molecule has 0 aliphatic carbocycles. The normalized spacial score (nSPS) is 14.9. The number of nitrogens with one attached hydrogen (secondary N) is 1. The van der Waals surface area contributed by atoms with Crippen molar-refractivity contribution in [1.29, 1.82) is 0 Å². The summed E-state index contributed by atoms with van der Waals surface area (Å²) in [5.41, 5.74) is 2.29. The lowest BCUT2D eigenvalue weighted by atomic mass is 10.1. The van der Waals surface area contributed by atoms with E-state index in [1.165, 1.54) is 11.6 Å². The van der Waals surface area contributed by atoms with E-state index in [-0.39, 0.29) is 17.4 Å². The van der Waals surface area contributed by atoms with Crippen LogP contribution in [-0.2, 0) is 4.79 Å². The molecule has 2 heterocycles. The fourth-order valence-corrected chi connectivity index (χ4v) is 3.43. The highest BCUT2D eigenvalue weighted by Crippen LogP contribution is 2.22. The zero-order valence-corrected chi connectivity index (χ0v) is 15.9. The number of anilines is 1. The fourth-order valence-electron chi connectivity index (χ4n) is 2.67. The first-order valence-electron chi connectivity index (χ1n) is 8.35. The van der Waals surface area contributed by atoms with Gasteiger partial charge in [0.25, 0.3) is 5.91 Å². The Balaban J connectivity index is 1.83. The van der Waals surface area contributed by atoms with Crippen molar-refractivity contribution in [3.8, 4) is 11.4 Å².